The summed E-state index contributed by atoms with van der Waals surface area (Å²) < 4.78 is 19.2. The van der Waals surface area contributed by atoms with E-state index in [1.165, 1.54) is 0 Å². The molecule has 5 nitrogen and oxygen atoms in total. The van der Waals surface area contributed by atoms with Gasteiger partial charge in [-0.25, -0.2) is 4.79 Å². The predicted molar refractivity (Wildman–Crippen MR) is 66.6 cm³/mol. The van der Waals surface area contributed by atoms with Crippen LogP contribution in [0.5, 0.6) is 0 Å². The van der Waals surface area contributed by atoms with Crippen LogP contribution < -0.4 is 11.2 Å². The molecule has 0 aliphatic rings. The molecule has 0 bridgehead atoms. The lowest BCUT2D eigenvalue weighted by Gasteiger charge is -2.06. The number of nitrogens with one attached hydrogen (secondary N) is 1. The Labute approximate surface area is 109 Å². The maximum Gasteiger partial charge on any atom is 0.329 e. The van der Waals surface area contributed by atoms with E-state index in [1.54, 1.807) is 0 Å². The highest BCUT2D eigenvalue weighted by Crippen LogP contribution is 2.02. The van der Waals surface area contributed by atoms with Crippen molar-refractivity contribution in [3.63, 3.8) is 0 Å². The number of H-pyrrole nitrogens is 1. The number of aromatic amines is 1. The van der Waals surface area contributed by atoms with Crippen molar-refractivity contribution in [2.75, 3.05) is 13.2 Å². The minimum atomic E-state index is -1.14. The molecule has 1 N–H and O–H groups in total. The molecule has 1 heterocycles. The van der Waals surface area contributed by atoms with Crippen molar-refractivity contribution in [1.82, 2.24) is 9.55 Å². The molecule has 0 saturated heterocycles. The summed E-state index contributed by atoms with van der Waals surface area (Å²) in [6.45, 7) is 3.24. The minimum absolute atomic E-state index is 0.106. The lowest BCUT2D eigenvalue weighted by molar-refractivity contribution is 0.125. The molecule has 0 radical (unpaired) electrons. The van der Waals surface area contributed by atoms with Gasteiger partial charge in [0, 0.05) is 19.8 Å². The highest BCUT2D eigenvalue weighted by Gasteiger charge is 2.11. The van der Waals surface area contributed by atoms with Crippen molar-refractivity contribution in [3.8, 4) is 0 Å². The molecule has 0 unspecified atom stereocenters. The number of halogens is 2. The molecule has 0 aromatic carbocycles. The van der Waals surface area contributed by atoms with Gasteiger partial charge in [-0.3, -0.25) is 14.3 Å². The molecule has 0 atom stereocenters. The number of hydrogen-bond acceptors (Lipinski definition) is 3. The molecule has 0 fully saturated rings. The third kappa shape index (κ3) is 3.96. The van der Waals surface area contributed by atoms with Crippen molar-refractivity contribution in [2.45, 2.75) is 32.7 Å². The topological polar surface area (TPSA) is 64.1 Å². The Bertz CT molecular complexity index is 498. The molecule has 1 aromatic rings. The van der Waals surface area contributed by atoms with E-state index in [0.29, 0.717) is 19.6 Å². The first kappa shape index (κ1) is 14.9. The summed E-state index contributed by atoms with van der Waals surface area (Å²) in [4.78, 5) is 24.9. The average Bonchev–Trinajstić information content (AvgIpc) is 2.34. The Morgan fingerprint density at radius 3 is 2.67 bits per heavy atom. The predicted octanol–water partition coefficient (Wildman–Crippen LogP) is 1.54. The van der Waals surface area contributed by atoms with Crippen LogP contribution in [0, 0.1) is 5.82 Å². The van der Waals surface area contributed by atoms with Crippen LogP contribution in [-0.4, -0.2) is 22.8 Å². The minimum Gasteiger partial charge on any atom is -0.381 e. The maximum absolute atomic E-state index is 13.2. The second-order valence-corrected chi connectivity index (χ2v) is 4.21. The monoisotopic (exact) mass is 278 g/mol. The van der Waals surface area contributed by atoms with Gasteiger partial charge in [0.15, 0.2) is 5.15 Å². The van der Waals surface area contributed by atoms with Gasteiger partial charge in [-0.2, -0.15) is 4.39 Å². The van der Waals surface area contributed by atoms with E-state index in [4.69, 9.17) is 16.3 Å². The zero-order valence-corrected chi connectivity index (χ0v) is 10.9. The van der Waals surface area contributed by atoms with Crippen LogP contribution >= 0.6 is 11.6 Å². The normalized spacial score (nSPS) is 10.8. The first-order chi connectivity index (χ1) is 8.57. The first-order valence-electron chi connectivity index (χ1n) is 5.83. The standard InChI is InChI=1S/C11H16ClFN2O3/c1-2-3-6-18-7-4-5-15-10(16)8(13)9(12)14-11(15)17/h2-7H2,1H3,(H,14,17). The van der Waals surface area contributed by atoms with Gasteiger partial charge in [-0.1, -0.05) is 24.9 Å². The molecule has 0 spiro atoms. The highest BCUT2D eigenvalue weighted by atomic mass is 35.5. The van der Waals surface area contributed by atoms with E-state index in [0.717, 1.165) is 17.4 Å². The second kappa shape index (κ2) is 7.33. The molecule has 0 aliphatic carbocycles. The van der Waals surface area contributed by atoms with E-state index in [9.17, 15) is 14.0 Å². The summed E-state index contributed by atoms with van der Waals surface area (Å²) in [5.41, 5.74) is -1.71. The first-order valence-corrected chi connectivity index (χ1v) is 6.21. The summed E-state index contributed by atoms with van der Waals surface area (Å²) in [5.74, 6) is -1.14. The number of rotatable bonds is 7. The van der Waals surface area contributed by atoms with E-state index in [-0.39, 0.29) is 6.54 Å². The molecule has 102 valence electrons. The number of hydrogen-bond donors (Lipinski definition) is 1. The van der Waals surface area contributed by atoms with Gasteiger partial charge in [0.2, 0.25) is 5.82 Å². The van der Waals surface area contributed by atoms with Crippen molar-refractivity contribution in [3.05, 3.63) is 31.8 Å². The lowest BCUT2D eigenvalue weighted by atomic mass is 10.3. The van der Waals surface area contributed by atoms with Crippen LogP contribution in [0.1, 0.15) is 26.2 Å². The van der Waals surface area contributed by atoms with Crippen molar-refractivity contribution < 1.29 is 9.13 Å². The molecule has 1 rings (SSSR count). The zero-order valence-electron chi connectivity index (χ0n) is 10.2. The molecule has 7 heteroatoms. The Kier molecular flexibility index (Phi) is 6.07. The summed E-state index contributed by atoms with van der Waals surface area (Å²) in [5, 5.41) is -0.555. The summed E-state index contributed by atoms with van der Waals surface area (Å²) in [6, 6.07) is 0. The van der Waals surface area contributed by atoms with Gasteiger partial charge in [0.25, 0.3) is 5.56 Å². The summed E-state index contributed by atoms with van der Waals surface area (Å²) >= 11 is 5.34. The smallest absolute Gasteiger partial charge is 0.329 e. The van der Waals surface area contributed by atoms with Crippen LogP contribution in [0.15, 0.2) is 9.59 Å². The quantitative estimate of drug-likeness (QED) is 0.608. The van der Waals surface area contributed by atoms with Gasteiger partial charge in [0.05, 0.1) is 0 Å². The second-order valence-electron chi connectivity index (χ2n) is 3.83. The number of nitrogens with zero attached hydrogens (tertiary/aromatic N) is 1. The fourth-order valence-corrected chi connectivity index (χ4v) is 1.56. The van der Waals surface area contributed by atoms with Crippen LogP contribution in [0.25, 0.3) is 0 Å². The van der Waals surface area contributed by atoms with Gasteiger partial charge < -0.3 is 4.74 Å². The van der Waals surface area contributed by atoms with Gasteiger partial charge in [-0.05, 0) is 12.8 Å². The van der Waals surface area contributed by atoms with Crippen LogP contribution in [0.3, 0.4) is 0 Å². The molecular weight excluding hydrogens is 263 g/mol. The lowest BCUT2D eigenvalue weighted by Crippen LogP contribution is -2.37. The van der Waals surface area contributed by atoms with Crippen LogP contribution in [-0.2, 0) is 11.3 Å². The average molecular weight is 279 g/mol. The molecular formula is C11H16ClFN2O3. The van der Waals surface area contributed by atoms with Gasteiger partial charge in [0.1, 0.15) is 0 Å². The van der Waals surface area contributed by atoms with Crippen LogP contribution in [0.4, 0.5) is 4.39 Å². The Hall–Kier alpha value is -1.14. The fraction of sp³-hybridized carbons (Fsp3) is 0.636. The Morgan fingerprint density at radius 2 is 2.00 bits per heavy atom. The van der Waals surface area contributed by atoms with Crippen molar-refractivity contribution in [2.24, 2.45) is 0 Å². The Morgan fingerprint density at radius 1 is 1.33 bits per heavy atom. The zero-order chi connectivity index (χ0) is 13.5. The fourth-order valence-electron chi connectivity index (χ4n) is 1.40. The molecule has 1 aromatic heterocycles. The maximum atomic E-state index is 13.2. The number of ether oxygens (including phenoxy) is 1. The van der Waals surface area contributed by atoms with E-state index in [1.807, 2.05) is 0 Å². The van der Waals surface area contributed by atoms with Gasteiger partial charge >= 0.3 is 5.69 Å². The molecule has 0 aliphatic heterocycles. The van der Waals surface area contributed by atoms with Crippen LogP contribution in [0.2, 0.25) is 5.15 Å². The molecule has 18 heavy (non-hydrogen) atoms. The Balaban J connectivity index is 2.56. The summed E-state index contributed by atoms with van der Waals surface area (Å²) in [6.07, 6.45) is 2.48. The van der Waals surface area contributed by atoms with E-state index >= 15 is 0 Å². The van der Waals surface area contributed by atoms with Crippen molar-refractivity contribution >= 4 is 11.6 Å². The summed E-state index contributed by atoms with van der Waals surface area (Å²) in [7, 11) is 0. The molecule has 0 amide bonds. The van der Waals surface area contributed by atoms with E-state index < -0.39 is 22.2 Å². The van der Waals surface area contributed by atoms with Gasteiger partial charge in [-0.15, -0.1) is 0 Å². The number of unbranched alkanes of at least 4 members (excludes halogenated alkanes) is 1. The third-order valence-corrected chi connectivity index (χ3v) is 2.66. The van der Waals surface area contributed by atoms with Crippen molar-refractivity contribution in [1.29, 1.82) is 0 Å². The largest absolute Gasteiger partial charge is 0.381 e. The number of aromatic nitrogens is 2. The van der Waals surface area contributed by atoms with E-state index in [2.05, 4.69) is 11.9 Å². The molecule has 0 saturated carbocycles. The SMILES string of the molecule is CCCCOCCCn1c(=O)[nH]c(Cl)c(F)c1=O. The highest BCUT2D eigenvalue weighted by molar-refractivity contribution is 6.29. The third-order valence-electron chi connectivity index (χ3n) is 2.40.